The Hall–Kier alpha value is -2.49. The molecule has 0 bridgehead atoms. The van der Waals surface area contributed by atoms with Gasteiger partial charge in [-0.1, -0.05) is 18.2 Å². The first kappa shape index (κ1) is 13.9. The van der Waals surface area contributed by atoms with Crippen LogP contribution in [0.15, 0.2) is 42.5 Å². The molecule has 0 saturated heterocycles. The second kappa shape index (κ2) is 5.65. The van der Waals surface area contributed by atoms with Crippen molar-refractivity contribution < 1.29 is 9.90 Å². The minimum atomic E-state index is -0.213. The van der Waals surface area contributed by atoms with Gasteiger partial charge in [0.1, 0.15) is 5.75 Å². The highest BCUT2D eigenvalue weighted by Gasteiger charge is 2.20. The van der Waals surface area contributed by atoms with Gasteiger partial charge in [-0.15, -0.1) is 0 Å². The van der Waals surface area contributed by atoms with Gasteiger partial charge in [0.05, 0.1) is 5.56 Å². The zero-order chi connectivity index (χ0) is 14.7. The Balaban J connectivity index is 2.45. The molecule has 20 heavy (non-hydrogen) atoms. The summed E-state index contributed by atoms with van der Waals surface area (Å²) in [6.45, 7) is 4.39. The quantitative estimate of drug-likeness (QED) is 0.665. The zero-order valence-electron chi connectivity index (χ0n) is 11.6. The van der Waals surface area contributed by atoms with Crippen molar-refractivity contribution in [2.24, 2.45) is 0 Å². The number of nitrogens with zero attached hydrogens (tertiary/aromatic N) is 1. The molecular weight excluding hydrogens is 252 g/mol. The topological polar surface area (TPSA) is 66.6 Å². The normalized spacial score (nSPS) is 10.3. The van der Waals surface area contributed by atoms with Gasteiger partial charge >= 0.3 is 0 Å². The molecular formula is C16H18N2O2. The van der Waals surface area contributed by atoms with E-state index in [1.165, 1.54) is 18.2 Å². The van der Waals surface area contributed by atoms with E-state index < -0.39 is 0 Å². The molecule has 0 unspecified atom stereocenters. The highest BCUT2D eigenvalue weighted by atomic mass is 16.3. The van der Waals surface area contributed by atoms with Crippen molar-refractivity contribution in [2.75, 3.05) is 17.2 Å². The van der Waals surface area contributed by atoms with Crippen LogP contribution in [0.1, 0.15) is 22.8 Å². The third-order valence-electron chi connectivity index (χ3n) is 3.23. The van der Waals surface area contributed by atoms with Crippen LogP contribution >= 0.6 is 0 Å². The molecule has 0 radical (unpaired) electrons. The molecule has 0 aliphatic heterocycles. The second-order valence-corrected chi connectivity index (χ2v) is 4.61. The summed E-state index contributed by atoms with van der Waals surface area (Å²) >= 11 is 0. The van der Waals surface area contributed by atoms with Gasteiger partial charge in [0.15, 0.2) is 0 Å². The van der Waals surface area contributed by atoms with Crippen LogP contribution in [0.25, 0.3) is 0 Å². The Morgan fingerprint density at radius 2 is 1.95 bits per heavy atom. The van der Waals surface area contributed by atoms with Crippen LogP contribution < -0.4 is 10.6 Å². The van der Waals surface area contributed by atoms with Crippen molar-refractivity contribution in [3.8, 4) is 5.75 Å². The fourth-order valence-corrected chi connectivity index (χ4v) is 2.16. The molecule has 2 aromatic carbocycles. The van der Waals surface area contributed by atoms with Gasteiger partial charge in [-0.25, -0.2) is 0 Å². The fourth-order valence-electron chi connectivity index (χ4n) is 2.16. The van der Waals surface area contributed by atoms with Gasteiger partial charge < -0.3 is 15.7 Å². The van der Waals surface area contributed by atoms with E-state index in [0.29, 0.717) is 17.8 Å². The van der Waals surface area contributed by atoms with E-state index in [2.05, 4.69) is 0 Å². The van der Waals surface area contributed by atoms with E-state index in [1.807, 2.05) is 38.1 Å². The van der Waals surface area contributed by atoms with E-state index >= 15 is 0 Å². The maximum absolute atomic E-state index is 12.6. The summed E-state index contributed by atoms with van der Waals surface area (Å²) in [6, 6.07) is 12.1. The fraction of sp³-hybridized carbons (Fsp3) is 0.188. The molecule has 0 spiro atoms. The van der Waals surface area contributed by atoms with Gasteiger partial charge in [-0.3, -0.25) is 4.79 Å². The van der Waals surface area contributed by atoms with Crippen LogP contribution in [-0.2, 0) is 0 Å². The number of amides is 1. The average Bonchev–Trinajstić information content (AvgIpc) is 2.44. The Morgan fingerprint density at radius 1 is 1.25 bits per heavy atom. The highest BCUT2D eigenvalue weighted by Crippen LogP contribution is 2.25. The molecule has 0 saturated carbocycles. The third-order valence-corrected chi connectivity index (χ3v) is 3.23. The van der Waals surface area contributed by atoms with Gasteiger partial charge in [-0.05, 0) is 43.7 Å². The van der Waals surface area contributed by atoms with Crippen molar-refractivity contribution in [3.63, 3.8) is 0 Å². The van der Waals surface area contributed by atoms with Crippen LogP contribution in [0.4, 0.5) is 11.4 Å². The second-order valence-electron chi connectivity index (χ2n) is 4.61. The molecule has 0 fully saturated rings. The number of para-hydroxylation sites is 1. The van der Waals surface area contributed by atoms with E-state index in [-0.39, 0.29) is 11.7 Å². The standard InChI is InChI=1S/C16H18N2O2/c1-3-18(15-7-5-4-6-11(15)2)16(20)13-10-12(19)8-9-14(13)17/h4-10,19H,3,17H2,1-2H3. The lowest BCUT2D eigenvalue weighted by Gasteiger charge is -2.23. The summed E-state index contributed by atoms with van der Waals surface area (Å²) in [4.78, 5) is 14.3. The van der Waals surface area contributed by atoms with Crippen molar-refractivity contribution in [1.29, 1.82) is 0 Å². The number of hydrogen-bond acceptors (Lipinski definition) is 3. The number of benzene rings is 2. The minimum absolute atomic E-state index is 0.0309. The smallest absolute Gasteiger partial charge is 0.260 e. The number of aromatic hydroxyl groups is 1. The SMILES string of the molecule is CCN(C(=O)c1cc(O)ccc1N)c1ccccc1C. The minimum Gasteiger partial charge on any atom is -0.508 e. The van der Waals surface area contributed by atoms with E-state index in [1.54, 1.807) is 4.90 Å². The number of hydrogen-bond donors (Lipinski definition) is 2. The summed E-state index contributed by atoms with van der Waals surface area (Å²) < 4.78 is 0. The Bertz CT molecular complexity index is 638. The number of nitrogen functional groups attached to an aromatic ring is 1. The lowest BCUT2D eigenvalue weighted by molar-refractivity contribution is 0.0988. The molecule has 4 heteroatoms. The monoisotopic (exact) mass is 270 g/mol. The van der Waals surface area contributed by atoms with Crippen LogP contribution in [0, 0.1) is 6.92 Å². The van der Waals surface area contributed by atoms with Gasteiger partial charge in [0.25, 0.3) is 5.91 Å². The summed E-state index contributed by atoms with van der Waals surface area (Å²) in [5, 5.41) is 9.54. The van der Waals surface area contributed by atoms with Crippen molar-refractivity contribution in [3.05, 3.63) is 53.6 Å². The molecule has 2 rings (SSSR count). The Morgan fingerprint density at radius 3 is 2.60 bits per heavy atom. The predicted molar refractivity (Wildman–Crippen MR) is 81.0 cm³/mol. The number of phenolic OH excluding ortho intramolecular Hbond substituents is 1. The summed E-state index contributed by atoms with van der Waals surface area (Å²) in [5.41, 5.74) is 8.38. The van der Waals surface area contributed by atoms with Crippen LogP contribution in [0.5, 0.6) is 5.75 Å². The number of nitrogens with two attached hydrogens (primary N) is 1. The summed E-state index contributed by atoms with van der Waals surface area (Å²) in [5.74, 6) is -0.182. The molecule has 0 aliphatic carbocycles. The van der Waals surface area contributed by atoms with Crippen LogP contribution in [0.2, 0.25) is 0 Å². The average molecular weight is 270 g/mol. The number of carbonyl (C=O) groups is 1. The predicted octanol–water partition coefficient (Wildman–Crippen LogP) is 2.95. The summed E-state index contributed by atoms with van der Waals surface area (Å²) in [7, 11) is 0. The molecule has 1 amide bonds. The number of carbonyl (C=O) groups excluding carboxylic acids is 1. The largest absolute Gasteiger partial charge is 0.508 e. The van der Waals surface area contributed by atoms with Gasteiger partial charge in [0.2, 0.25) is 0 Å². The first-order valence-corrected chi connectivity index (χ1v) is 6.50. The molecule has 0 heterocycles. The highest BCUT2D eigenvalue weighted by molar-refractivity contribution is 6.09. The van der Waals surface area contributed by atoms with Crippen molar-refractivity contribution in [2.45, 2.75) is 13.8 Å². The van der Waals surface area contributed by atoms with E-state index in [0.717, 1.165) is 11.3 Å². The Kier molecular flexibility index (Phi) is 3.94. The molecule has 4 nitrogen and oxygen atoms in total. The zero-order valence-corrected chi connectivity index (χ0v) is 11.6. The van der Waals surface area contributed by atoms with Gasteiger partial charge in [-0.2, -0.15) is 0 Å². The van der Waals surface area contributed by atoms with Crippen molar-refractivity contribution in [1.82, 2.24) is 0 Å². The van der Waals surface area contributed by atoms with Crippen LogP contribution in [0.3, 0.4) is 0 Å². The molecule has 104 valence electrons. The lowest BCUT2D eigenvalue weighted by Crippen LogP contribution is -2.31. The maximum Gasteiger partial charge on any atom is 0.260 e. The van der Waals surface area contributed by atoms with Gasteiger partial charge in [0, 0.05) is 17.9 Å². The number of anilines is 2. The lowest BCUT2D eigenvalue weighted by atomic mass is 10.1. The number of rotatable bonds is 3. The molecule has 0 aliphatic rings. The summed E-state index contributed by atoms with van der Waals surface area (Å²) in [6.07, 6.45) is 0. The molecule has 0 aromatic heterocycles. The first-order valence-electron chi connectivity index (χ1n) is 6.50. The Labute approximate surface area is 118 Å². The number of phenols is 1. The third kappa shape index (κ3) is 2.59. The van der Waals surface area contributed by atoms with Crippen molar-refractivity contribution >= 4 is 17.3 Å². The number of aryl methyl sites for hydroxylation is 1. The van der Waals surface area contributed by atoms with Crippen LogP contribution in [-0.4, -0.2) is 17.6 Å². The molecule has 0 atom stereocenters. The first-order chi connectivity index (χ1) is 9.54. The van der Waals surface area contributed by atoms with E-state index in [4.69, 9.17) is 5.73 Å². The molecule has 2 aromatic rings. The van der Waals surface area contributed by atoms with E-state index in [9.17, 15) is 9.90 Å². The molecule has 3 N–H and O–H groups in total. The maximum atomic E-state index is 12.6.